The molecule has 2 aromatic heterocycles. The van der Waals surface area contributed by atoms with Crippen LogP contribution in [0.1, 0.15) is 58.4 Å². The number of aromatic hydroxyl groups is 2. The number of rotatable bonds is 3. The van der Waals surface area contributed by atoms with Crippen molar-refractivity contribution in [3.05, 3.63) is 41.5 Å². The molecule has 4 heterocycles. The smallest absolute Gasteiger partial charge is 0.315 e. The minimum Gasteiger partial charge on any atom is -0.494 e. The Morgan fingerprint density at radius 3 is 2.56 bits per heavy atom. The van der Waals surface area contributed by atoms with Gasteiger partial charge in [0.1, 0.15) is 17.6 Å². The molecule has 2 aliphatic heterocycles. The van der Waals surface area contributed by atoms with Crippen LogP contribution in [0.4, 0.5) is 0 Å². The number of amides is 4. The number of hydrogen-bond donors (Lipinski definition) is 3. The SMILES string of the molecule is O=C1CCC(n2c(O)c3ccc(C(=O)N=NC(=O)c4cn5c(n4)CCCC5)cc3c2O)C(=O)N1. The van der Waals surface area contributed by atoms with Crippen LogP contribution in [0.2, 0.25) is 0 Å². The molecule has 0 bridgehead atoms. The maximum atomic E-state index is 12.5. The summed E-state index contributed by atoms with van der Waals surface area (Å²) in [7, 11) is 0. The number of hydrogen-bond acceptors (Lipinski definition) is 7. The molecule has 1 fully saturated rings. The van der Waals surface area contributed by atoms with Gasteiger partial charge in [0.25, 0.3) is 5.91 Å². The van der Waals surface area contributed by atoms with Crippen molar-refractivity contribution in [2.45, 2.75) is 44.7 Å². The number of imidazole rings is 1. The van der Waals surface area contributed by atoms with Gasteiger partial charge in [0.15, 0.2) is 0 Å². The van der Waals surface area contributed by atoms with E-state index < -0.39 is 35.6 Å². The topological polar surface area (TPSA) is 168 Å². The maximum Gasteiger partial charge on any atom is 0.315 e. The minimum absolute atomic E-state index is 0.0175. The highest BCUT2D eigenvalue weighted by Crippen LogP contribution is 2.41. The van der Waals surface area contributed by atoms with Gasteiger partial charge < -0.3 is 14.8 Å². The molecule has 174 valence electrons. The molecule has 12 nitrogen and oxygen atoms in total. The van der Waals surface area contributed by atoms with Gasteiger partial charge in [-0.1, -0.05) is 0 Å². The molecule has 5 rings (SSSR count). The zero-order chi connectivity index (χ0) is 24.0. The highest BCUT2D eigenvalue weighted by molar-refractivity contribution is 6.04. The fourth-order valence-electron chi connectivity index (χ4n) is 4.36. The minimum atomic E-state index is -0.984. The Balaban J connectivity index is 1.39. The number of carbonyl (C=O) groups is 4. The quantitative estimate of drug-likeness (QED) is 0.393. The Bertz CT molecular complexity index is 1380. The summed E-state index contributed by atoms with van der Waals surface area (Å²) in [6.07, 6.45) is 4.55. The van der Waals surface area contributed by atoms with Gasteiger partial charge in [-0.3, -0.25) is 29.1 Å². The van der Waals surface area contributed by atoms with E-state index in [9.17, 15) is 29.4 Å². The molecule has 12 heteroatoms. The Labute approximate surface area is 191 Å². The second-order valence-corrected chi connectivity index (χ2v) is 8.25. The van der Waals surface area contributed by atoms with Crippen molar-refractivity contribution in [1.82, 2.24) is 19.4 Å². The predicted octanol–water partition coefficient (Wildman–Crippen LogP) is 2.00. The largest absolute Gasteiger partial charge is 0.494 e. The van der Waals surface area contributed by atoms with E-state index in [-0.39, 0.29) is 40.8 Å². The number of fused-ring (bicyclic) bond motifs is 2. The van der Waals surface area contributed by atoms with Crippen molar-refractivity contribution in [3.8, 4) is 11.8 Å². The molecule has 1 atom stereocenters. The predicted molar refractivity (Wildman–Crippen MR) is 115 cm³/mol. The van der Waals surface area contributed by atoms with Crippen molar-refractivity contribution in [2.75, 3.05) is 0 Å². The lowest BCUT2D eigenvalue weighted by Gasteiger charge is -2.23. The Kier molecular flexibility index (Phi) is 5.19. The summed E-state index contributed by atoms with van der Waals surface area (Å²) in [6.45, 7) is 0.778. The number of azo groups is 1. The first-order chi connectivity index (χ1) is 16.3. The first-order valence-electron chi connectivity index (χ1n) is 10.8. The van der Waals surface area contributed by atoms with Crippen LogP contribution in [0.5, 0.6) is 11.8 Å². The molecule has 0 radical (unpaired) electrons. The van der Waals surface area contributed by atoms with Gasteiger partial charge in [0.2, 0.25) is 23.6 Å². The number of benzene rings is 1. The number of nitrogens with zero attached hydrogens (tertiary/aromatic N) is 5. The molecule has 0 spiro atoms. The number of piperidine rings is 1. The van der Waals surface area contributed by atoms with Crippen LogP contribution in [0.15, 0.2) is 34.6 Å². The first-order valence-corrected chi connectivity index (χ1v) is 10.8. The van der Waals surface area contributed by atoms with E-state index in [2.05, 4.69) is 20.5 Å². The summed E-state index contributed by atoms with van der Waals surface area (Å²) in [5.74, 6) is -2.65. The van der Waals surface area contributed by atoms with Gasteiger partial charge in [-0.25, -0.2) is 4.98 Å². The van der Waals surface area contributed by atoms with E-state index in [1.54, 1.807) is 6.20 Å². The normalized spacial score (nSPS) is 18.3. The summed E-state index contributed by atoms with van der Waals surface area (Å²) in [5, 5.41) is 30.7. The average molecular weight is 464 g/mol. The van der Waals surface area contributed by atoms with Crippen molar-refractivity contribution in [1.29, 1.82) is 0 Å². The molecular formula is C22H20N6O6. The molecule has 34 heavy (non-hydrogen) atoms. The van der Waals surface area contributed by atoms with E-state index >= 15 is 0 Å². The molecule has 4 amide bonds. The third-order valence-corrected chi connectivity index (χ3v) is 6.09. The first kappa shape index (κ1) is 21.5. The average Bonchev–Trinajstić information content (AvgIpc) is 3.37. The summed E-state index contributed by atoms with van der Waals surface area (Å²) < 4.78 is 2.91. The van der Waals surface area contributed by atoms with Crippen LogP contribution >= 0.6 is 0 Å². The molecule has 1 saturated heterocycles. The third kappa shape index (κ3) is 3.62. The Hall–Kier alpha value is -4.35. The van der Waals surface area contributed by atoms with Crippen molar-refractivity contribution in [3.63, 3.8) is 0 Å². The summed E-state index contributed by atoms with van der Waals surface area (Å²) >= 11 is 0. The van der Waals surface area contributed by atoms with Crippen LogP contribution in [0.25, 0.3) is 10.8 Å². The standard InChI is InChI=1S/C22H20N6O6/c29-17-7-6-15(20(32)24-17)28-21(33)12-5-4-11(9-13(12)22(28)34)18(30)25-26-19(31)14-10-27-8-2-1-3-16(27)23-14/h4-5,9-10,15,33-34H,1-3,6-8H2,(H,24,29,32). The highest BCUT2D eigenvalue weighted by atomic mass is 16.3. The van der Waals surface area contributed by atoms with Gasteiger partial charge >= 0.3 is 5.91 Å². The monoisotopic (exact) mass is 464 g/mol. The van der Waals surface area contributed by atoms with Crippen LogP contribution in [-0.2, 0) is 22.6 Å². The number of aryl methyl sites for hydroxylation is 2. The van der Waals surface area contributed by atoms with E-state index in [0.717, 1.165) is 36.2 Å². The molecule has 3 aromatic rings. The van der Waals surface area contributed by atoms with Gasteiger partial charge in [-0.2, -0.15) is 0 Å². The summed E-state index contributed by atoms with van der Waals surface area (Å²) in [5.41, 5.74) is 0.136. The third-order valence-electron chi connectivity index (χ3n) is 6.09. The van der Waals surface area contributed by atoms with Crippen LogP contribution in [-0.4, -0.2) is 48.0 Å². The lowest BCUT2D eigenvalue weighted by molar-refractivity contribution is -0.135. The summed E-state index contributed by atoms with van der Waals surface area (Å²) in [4.78, 5) is 52.7. The number of carbonyl (C=O) groups excluding carboxylic acids is 4. The van der Waals surface area contributed by atoms with E-state index in [1.807, 2.05) is 4.57 Å². The maximum absolute atomic E-state index is 12.5. The molecule has 0 saturated carbocycles. The Morgan fingerprint density at radius 2 is 1.79 bits per heavy atom. The zero-order valence-electron chi connectivity index (χ0n) is 17.9. The Morgan fingerprint density at radius 1 is 1.03 bits per heavy atom. The van der Waals surface area contributed by atoms with Crippen LogP contribution in [0.3, 0.4) is 0 Å². The lowest BCUT2D eigenvalue weighted by atomic mass is 10.1. The van der Waals surface area contributed by atoms with Gasteiger partial charge in [0, 0.05) is 41.9 Å². The molecule has 1 unspecified atom stereocenters. The lowest BCUT2D eigenvalue weighted by Crippen LogP contribution is -2.41. The zero-order valence-corrected chi connectivity index (χ0v) is 17.9. The van der Waals surface area contributed by atoms with E-state index in [0.29, 0.717) is 0 Å². The second kappa shape index (κ2) is 8.21. The fourth-order valence-corrected chi connectivity index (χ4v) is 4.36. The van der Waals surface area contributed by atoms with Crippen molar-refractivity contribution in [2.24, 2.45) is 10.2 Å². The summed E-state index contributed by atoms with van der Waals surface area (Å²) in [6, 6.07) is 3.05. The number of imide groups is 1. The second-order valence-electron chi connectivity index (χ2n) is 8.25. The molecule has 1 aromatic carbocycles. The highest BCUT2D eigenvalue weighted by Gasteiger charge is 2.33. The number of aromatic nitrogens is 3. The van der Waals surface area contributed by atoms with Gasteiger partial charge in [-0.15, -0.1) is 10.2 Å². The van der Waals surface area contributed by atoms with E-state index in [4.69, 9.17) is 0 Å². The van der Waals surface area contributed by atoms with Crippen molar-refractivity contribution < 1.29 is 29.4 Å². The van der Waals surface area contributed by atoms with Gasteiger partial charge in [0.05, 0.1) is 0 Å². The van der Waals surface area contributed by atoms with Gasteiger partial charge in [-0.05, 0) is 37.5 Å². The molecular weight excluding hydrogens is 444 g/mol. The van der Waals surface area contributed by atoms with Crippen LogP contribution < -0.4 is 5.32 Å². The molecule has 0 aliphatic carbocycles. The molecule has 2 aliphatic rings. The van der Waals surface area contributed by atoms with Crippen molar-refractivity contribution >= 4 is 34.4 Å². The van der Waals surface area contributed by atoms with E-state index in [1.165, 1.54) is 18.2 Å². The number of nitrogens with one attached hydrogen (secondary N) is 1. The molecule has 3 N–H and O–H groups in total. The fraction of sp³-hybridized carbons (Fsp3) is 0.318. The van der Waals surface area contributed by atoms with Crippen LogP contribution in [0, 0.1) is 0 Å².